The van der Waals surface area contributed by atoms with E-state index in [9.17, 15) is 4.79 Å². The van der Waals surface area contributed by atoms with Gasteiger partial charge in [0.1, 0.15) is 5.75 Å². The van der Waals surface area contributed by atoms with Gasteiger partial charge < -0.3 is 9.51 Å². The topological polar surface area (TPSA) is 42.1 Å². The Kier molecular flexibility index (Phi) is 3.06. The molecule has 1 atom stereocenters. The highest BCUT2D eigenvalue weighted by atomic mass is 31.0. The van der Waals surface area contributed by atoms with Gasteiger partial charge in [0.15, 0.2) is 0 Å². The molecule has 19 heavy (non-hydrogen) atoms. The van der Waals surface area contributed by atoms with E-state index in [1.165, 1.54) is 0 Å². The first-order valence-electron chi connectivity index (χ1n) is 5.87. The van der Waals surface area contributed by atoms with Gasteiger partial charge in [0, 0.05) is 11.1 Å². The van der Waals surface area contributed by atoms with Gasteiger partial charge in [-0.25, -0.2) is 0 Å². The van der Waals surface area contributed by atoms with Crippen LogP contribution in [-0.2, 0) is 0 Å². The van der Waals surface area contributed by atoms with Crippen molar-refractivity contribution in [2.45, 2.75) is 0 Å². The molecule has 4 heteroatoms. The summed E-state index contributed by atoms with van der Waals surface area (Å²) in [7, 11) is 2.20. The molecule has 94 valence electrons. The fourth-order valence-electron chi connectivity index (χ4n) is 2.10. The molecule has 0 radical (unpaired) electrons. The molecular formula is C15H12NO2P. The van der Waals surface area contributed by atoms with Crippen molar-refractivity contribution < 1.29 is 4.52 Å². The Morgan fingerprint density at radius 3 is 2.68 bits per heavy atom. The van der Waals surface area contributed by atoms with E-state index in [-0.39, 0.29) is 5.56 Å². The molecule has 3 rings (SSSR count). The summed E-state index contributed by atoms with van der Waals surface area (Å²) in [6, 6.07) is 17.1. The van der Waals surface area contributed by atoms with Crippen LogP contribution in [0.1, 0.15) is 0 Å². The first-order valence-corrected chi connectivity index (χ1v) is 6.34. The number of para-hydroxylation sites is 1. The van der Waals surface area contributed by atoms with Crippen LogP contribution < -0.4 is 10.1 Å². The Bertz CT molecular complexity index is 795. The Balaban J connectivity index is 2.24. The van der Waals surface area contributed by atoms with Gasteiger partial charge in [0.2, 0.25) is 0 Å². The quantitative estimate of drug-likeness (QED) is 0.725. The Hall–Kier alpha value is -2.12. The molecule has 1 aromatic heterocycles. The second-order valence-electron chi connectivity index (χ2n) is 4.25. The van der Waals surface area contributed by atoms with Crippen LogP contribution in [0.3, 0.4) is 0 Å². The van der Waals surface area contributed by atoms with E-state index >= 15 is 0 Å². The lowest BCUT2D eigenvalue weighted by Crippen LogP contribution is -2.08. The third-order valence-corrected chi connectivity index (χ3v) is 3.31. The molecule has 3 aromatic rings. The minimum atomic E-state index is -0.0976. The van der Waals surface area contributed by atoms with Crippen molar-refractivity contribution in [1.82, 2.24) is 4.98 Å². The van der Waals surface area contributed by atoms with Crippen LogP contribution in [0.4, 0.5) is 0 Å². The van der Waals surface area contributed by atoms with E-state index in [1.807, 2.05) is 54.6 Å². The number of fused-ring (bicyclic) bond motifs is 1. The average molecular weight is 269 g/mol. The van der Waals surface area contributed by atoms with E-state index < -0.39 is 0 Å². The summed E-state index contributed by atoms with van der Waals surface area (Å²) < 4.78 is 5.11. The normalized spacial score (nSPS) is 10.6. The number of nitrogens with one attached hydrogen (secondary N) is 1. The number of rotatable bonds is 2. The maximum Gasteiger partial charge on any atom is 0.256 e. The molecule has 0 bridgehead atoms. The highest BCUT2D eigenvalue weighted by Crippen LogP contribution is 2.24. The lowest BCUT2D eigenvalue weighted by atomic mass is 10.0. The summed E-state index contributed by atoms with van der Waals surface area (Å²) in [5.74, 6) is 0.704. The zero-order chi connectivity index (χ0) is 13.2. The second kappa shape index (κ2) is 4.87. The molecule has 1 unspecified atom stereocenters. The number of hydrogen-bond acceptors (Lipinski definition) is 2. The van der Waals surface area contributed by atoms with Crippen molar-refractivity contribution in [2.24, 2.45) is 0 Å². The summed E-state index contributed by atoms with van der Waals surface area (Å²) in [5.41, 5.74) is 2.23. The van der Waals surface area contributed by atoms with Gasteiger partial charge in [0.05, 0.1) is 9.47 Å². The first-order chi connectivity index (χ1) is 9.28. The maximum atomic E-state index is 12.1. The van der Waals surface area contributed by atoms with Crippen LogP contribution in [0, 0.1) is 0 Å². The van der Waals surface area contributed by atoms with Crippen molar-refractivity contribution in [3.63, 3.8) is 0 Å². The van der Waals surface area contributed by atoms with Gasteiger partial charge in [-0.1, -0.05) is 30.3 Å². The van der Waals surface area contributed by atoms with Crippen molar-refractivity contribution >= 4 is 20.4 Å². The van der Waals surface area contributed by atoms with E-state index in [2.05, 4.69) is 14.5 Å². The minimum Gasteiger partial charge on any atom is -0.480 e. The van der Waals surface area contributed by atoms with Gasteiger partial charge in [-0.05, 0) is 35.2 Å². The third kappa shape index (κ3) is 2.25. The molecular weight excluding hydrogens is 257 g/mol. The molecule has 0 aliphatic carbocycles. The largest absolute Gasteiger partial charge is 0.480 e. The fourth-order valence-corrected chi connectivity index (χ4v) is 2.25. The molecule has 1 N–H and O–H groups in total. The maximum absolute atomic E-state index is 12.1. The molecule has 0 fully saturated rings. The van der Waals surface area contributed by atoms with Crippen molar-refractivity contribution in [2.75, 3.05) is 0 Å². The monoisotopic (exact) mass is 269 g/mol. The molecule has 0 saturated carbocycles. The van der Waals surface area contributed by atoms with Crippen LogP contribution in [0.5, 0.6) is 5.75 Å². The number of benzene rings is 2. The molecule has 0 aliphatic rings. The summed E-state index contributed by atoms with van der Waals surface area (Å²) in [6.45, 7) is 0. The van der Waals surface area contributed by atoms with E-state index in [4.69, 9.17) is 4.52 Å². The molecule has 0 amide bonds. The van der Waals surface area contributed by atoms with E-state index in [0.717, 1.165) is 16.5 Å². The molecule has 3 nitrogen and oxygen atoms in total. The summed E-state index contributed by atoms with van der Waals surface area (Å²) in [5, 5.41) is 1.01. The Morgan fingerprint density at radius 2 is 1.84 bits per heavy atom. The van der Waals surface area contributed by atoms with Crippen LogP contribution >= 0.6 is 9.47 Å². The number of aromatic nitrogens is 1. The number of aromatic amines is 1. The first kappa shape index (κ1) is 11.9. The van der Waals surface area contributed by atoms with Crippen molar-refractivity contribution in [3.05, 3.63) is 65.0 Å². The minimum absolute atomic E-state index is 0.0976. The number of pyridine rings is 1. The zero-order valence-corrected chi connectivity index (χ0v) is 11.2. The van der Waals surface area contributed by atoms with Gasteiger partial charge in [0.25, 0.3) is 5.56 Å². The summed E-state index contributed by atoms with van der Waals surface area (Å²) in [6.07, 6.45) is 0. The summed E-state index contributed by atoms with van der Waals surface area (Å²) in [4.78, 5) is 15.0. The molecule has 1 heterocycles. The Morgan fingerprint density at radius 1 is 1.00 bits per heavy atom. The van der Waals surface area contributed by atoms with Crippen LogP contribution in [0.15, 0.2) is 59.4 Å². The van der Waals surface area contributed by atoms with Crippen molar-refractivity contribution in [1.29, 1.82) is 0 Å². The molecule has 2 aromatic carbocycles. The van der Waals surface area contributed by atoms with Gasteiger partial charge in [-0.3, -0.25) is 4.79 Å². The van der Waals surface area contributed by atoms with E-state index in [0.29, 0.717) is 11.3 Å². The molecule has 0 saturated heterocycles. The lowest BCUT2D eigenvalue weighted by molar-refractivity contribution is 0.646. The smallest absolute Gasteiger partial charge is 0.256 e. The standard InChI is InChI=1S/C15H12NO2P/c17-15-13(10-5-3-6-12(8-10)18-19)9-11-4-1-2-7-14(11)16-15/h1-9H,19H2,(H,16,17). The predicted molar refractivity (Wildman–Crippen MR) is 80.3 cm³/mol. The third-order valence-electron chi connectivity index (χ3n) is 3.03. The summed E-state index contributed by atoms with van der Waals surface area (Å²) >= 11 is 0. The lowest BCUT2D eigenvalue weighted by Gasteiger charge is -2.05. The van der Waals surface area contributed by atoms with Gasteiger partial charge >= 0.3 is 0 Å². The average Bonchev–Trinajstić information content (AvgIpc) is 2.46. The SMILES string of the molecule is O=c1[nH]c2ccccc2cc1-c1cccc(OP)c1. The molecule has 0 spiro atoms. The van der Waals surface area contributed by atoms with Crippen LogP contribution in [-0.4, -0.2) is 4.98 Å². The fraction of sp³-hybridized carbons (Fsp3) is 0. The van der Waals surface area contributed by atoms with Crippen LogP contribution in [0.25, 0.3) is 22.0 Å². The van der Waals surface area contributed by atoms with Gasteiger partial charge in [-0.2, -0.15) is 0 Å². The number of hydrogen-bond donors (Lipinski definition) is 1. The van der Waals surface area contributed by atoms with E-state index in [1.54, 1.807) is 0 Å². The predicted octanol–water partition coefficient (Wildman–Crippen LogP) is 3.36. The van der Waals surface area contributed by atoms with Crippen LogP contribution in [0.2, 0.25) is 0 Å². The number of H-pyrrole nitrogens is 1. The van der Waals surface area contributed by atoms with Crippen molar-refractivity contribution in [3.8, 4) is 16.9 Å². The zero-order valence-electron chi connectivity index (χ0n) is 10.1. The molecule has 0 aliphatic heterocycles. The highest BCUT2D eigenvalue weighted by molar-refractivity contribution is 7.10. The van der Waals surface area contributed by atoms with Gasteiger partial charge in [-0.15, -0.1) is 0 Å². The Labute approximate surface area is 112 Å². The highest BCUT2D eigenvalue weighted by Gasteiger charge is 2.06. The second-order valence-corrected chi connectivity index (χ2v) is 4.48.